The minimum atomic E-state index is -4.66. The van der Waals surface area contributed by atoms with Crippen molar-refractivity contribution in [2.45, 2.75) is 25.2 Å². The second-order valence-electron chi connectivity index (χ2n) is 6.45. The monoisotopic (exact) mass is 411 g/mol. The number of hydrogen-bond donors (Lipinski definition) is 2. The summed E-state index contributed by atoms with van der Waals surface area (Å²) in [5.41, 5.74) is -0.486. The molecule has 9 heteroatoms. The Bertz CT molecular complexity index is 874. The van der Waals surface area contributed by atoms with Crippen LogP contribution in [0.4, 0.5) is 23.7 Å². The van der Waals surface area contributed by atoms with E-state index in [2.05, 4.69) is 10.6 Å². The highest BCUT2D eigenvalue weighted by molar-refractivity contribution is 6.30. The van der Waals surface area contributed by atoms with Gasteiger partial charge in [-0.25, -0.2) is 4.79 Å². The molecule has 1 aliphatic rings. The average Bonchev–Trinajstić information content (AvgIpc) is 2.95. The smallest absolute Gasteiger partial charge is 0.336 e. The minimum absolute atomic E-state index is 0.0868. The number of rotatable bonds is 4. The molecular weight excluding hydrogens is 395 g/mol. The first-order valence-electron chi connectivity index (χ1n) is 8.48. The van der Waals surface area contributed by atoms with Gasteiger partial charge in [0.1, 0.15) is 0 Å². The number of carbonyl (C=O) groups excluding carboxylic acids is 2. The number of anilines is 1. The van der Waals surface area contributed by atoms with Crippen LogP contribution < -0.4 is 10.6 Å². The lowest BCUT2D eigenvalue weighted by atomic mass is 10.1. The third-order valence-corrected chi connectivity index (χ3v) is 4.54. The van der Waals surface area contributed by atoms with Gasteiger partial charge in [-0.05, 0) is 23.8 Å². The quantitative estimate of drug-likeness (QED) is 0.788. The van der Waals surface area contributed by atoms with Crippen molar-refractivity contribution in [3.05, 3.63) is 64.7 Å². The molecule has 2 aromatic carbocycles. The number of amides is 3. The SMILES string of the molecule is O=C(Nc1ccc(Cl)cc1C(F)(F)F)NC1CC(=O)N(Cc2ccccc2)C1. The number of alkyl halides is 3. The van der Waals surface area contributed by atoms with Crippen LogP contribution in [0.2, 0.25) is 5.02 Å². The van der Waals surface area contributed by atoms with Gasteiger partial charge in [-0.15, -0.1) is 0 Å². The largest absolute Gasteiger partial charge is 0.418 e. The summed E-state index contributed by atoms with van der Waals surface area (Å²) in [7, 11) is 0. The topological polar surface area (TPSA) is 61.4 Å². The molecule has 28 heavy (non-hydrogen) atoms. The average molecular weight is 412 g/mol. The van der Waals surface area contributed by atoms with Crippen LogP contribution in [-0.2, 0) is 17.5 Å². The number of carbonyl (C=O) groups is 2. The zero-order chi connectivity index (χ0) is 20.3. The van der Waals surface area contributed by atoms with Crippen molar-refractivity contribution in [1.29, 1.82) is 0 Å². The van der Waals surface area contributed by atoms with Crippen molar-refractivity contribution in [2.24, 2.45) is 0 Å². The lowest BCUT2D eigenvalue weighted by Gasteiger charge is -2.18. The fraction of sp³-hybridized carbons (Fsp3) is 0.263. The molecule has 1 unspecified atom stereocenters. The number of nitrogens with zero attached hydrogens (tertiary/aromatic N) is 1. The van der Waals surface area contributed by atoms with E-state index in [1.165, 1.54) is 6.07 Å². The maximum Gasteiger partial charge on any atom is 0.418 e. The molecule has 0 radical (unpaired) electrons. The number of likely N-dealkylation sites (tertiary alicyclic amines) is 1. The Morgan fingerprint density at radius 2 is 1.89 bits per heavy atom. The Morgan fingerprint density at radius 3 is 2.57 bits per heavy atom. The van der Waals surface area contributed by atoms with Gasteiger partial charge in [0.15, 0.2) is 0 Å². The molecule has 1 saturated heterocycles. The van der Waals surface area contributed by atoms with Crippen molar-refractivity contribution in [3.8, 4) is 0 Å². The molecule has 0 aliphatic carbocycles. The van der Waals surface area contributed by atoms with Crippen LogP contribution >= 0.6 is 11.6 Å². The summed E-state index contributed by atoms with van der Waals surface area (Å²) in [6.45, 7) is 0.697. The van der Waals surface area contributed by atoms with Crippen LogP contribution in [0.5, 0.6) is 0 Å². The third kappa shape index (κ3) is 4.95. The van der Waals surface area contributed by atoms with E-state index in [1.807, 2.05) is 30.3 Å². The Balaban J connectivity index is 1.61. The first kappa shape index (κ1) is 20.0. The fourth-order valence-corrected chi connectivity index (χ4v) is 3.20. The molecular formula is C19H17ClF3N3O2. The lowest BCUT2D eigenvalue weighted by molar-refractivity contribution is -0.137. The molecule has 1 atom stereocenters. The molecule has 148 valence electrons. The van der Waals surface area contributed by atoms with Crippen molar-refractivity contribution in [1.82, 2.24) is 10.2 Å². The lowest BCUT2D eigenvalue weighted by Crippen LogP contribution is -2.40. The minimum Gasteiger partial charge on any atom is -0.336 e. The molecule has 1 fully saturated rings. The summed E-state index contributed by atoms with van der Waals surface area (Å²) in [5.74, 6) is -0.128. The van der Waals surface area contributed by atoms with Gasteiger partial charge in [-0.2, -0.15) is 13.2 Å². The molecule has 1 heterocycles. The van der Waals surface area contributed by atoms with Gasteiger partial charge in [-0.1, -0.05) is 41.9 Å². The molecule has 3 amide bonds. The van der Waals surface area contributed by atoms with E-state index in [-0.39, 0.29) is 23.9 Å². The molecule has 2 aromatic rings. The molecule has 0 aromatic heterocycles. The maximum atomic E-state index is 13.1. The molecule has 2 N–H and O–H groups in total. The molecule has 0 saturated carbocycles. The van der Waals surface area contributed by atoms with Crippen molar-refractivity contribution in [2.75, 3.05) is 11.9 Å². The molecule has 1 aliphatic heterocycles. The van der Waals surface area contributed by atoms with Crippen LogP contribution in [0.15, 0.2) is 48.5 Å². The molecule has 0 bridgehead atoms. The Hall–Kier alpha value is -2.74. The zero-order valence-electron chi connectivity index (χ0n) is 14.6. The van der Waals surface area contributed by atoms with Gasteiger partial charge in [-0.3, -0.25) is 4.79 Å². The van der Waals surface area contributed by atoms with Crippen LogP contribution in [0.1, 0.15) is 17.5 Å². The van der Waals surface area contributed by atoms with Crippen LogP contribution in [0, 0.1) is 0 Å². The highest BCUT2D eigenvalue weighted by Crippen LogP contribution is 2.36. The number of urea groups is 1. The van der Waals surface area contributed by atoms with Gasteiger partial charge in [0.25, 0.3) is 0 Å². The maximum absolute atomic E-state index is 13.1. The second kappa shape index (κ2) is 8.10. The van der Waals surface area contributed by atoms with Crippen LogP contribution in [0.25, 0.3) is 0 Å². The summed E-state index contributed by atoms with van der Waals surface area (Å²) in [4.78, 5) is 25.9. The van der Waals surface area contributed by atoms with Gasteiger partial charge in [0.05, 0.1) is 17.3 Å². The molecule has 3 rings (SSSR count). The number of hydrogen-bond acceptors (Lipinski definition) is 2. The van der Waals surface area contributed by atoms with E-state index in [1.54, 1.807) is 4.90 Å². The number of nitrogens with one attached hydrogen (secondary N) is 2. The summed E-state index contributed by atoms with van der Waals surface area (Å²) in [5, 5.41) is 4.66. The summed E-state index contributed by atoms with van der Waals surface area (Å²) >= 11 is 5.62. The van der Waals surface area contributed by atoms with Gasteiger partial charge in [0, 0.05) is 24.5 Å². The Morgan fingerprint density at radius 1 is 1.18 bits per heavy atom. The Kier molecular flexibility index (Phi) is 5.79. The molecule has 5 nitrogen and oxygen atoms in total. The predicted molar refractivity (Wildman–Crippen MR) is 98.9 cm³/mol. The first-order valence-corrected chi connectivity index (χ1v) is 8.86. The summed E-state index contributed by atoms with van der Waals surface area (Å²) in [6, 6.07) is 11.2. The van der Waals surface area contributed by atoms with Crippen molar-refractivity contribution < 1.29 is 22.8 Å². The fourth-order valence-electron chi connectivity index (χ4n) is 3.03. The van der Waals surface area contributed by atoms with Crippen LogP contribution in [0.3, 0.4) is 0 Å². The van der Waals surface area contributed by atoms with Gasteiger partial charge < -0.3 is 15.5 Å². The van der Waals surface area contributed by atoms with E-state index in [0.29, 0.717) is 6.54 Å². The molecule has 0 spiro atoms. The highest BCUT2D eigenvalue weighted by Gasteiger charge is 2.35. The standard InChI is InChI=1S/C19H17ClF3N3O2/c20-13-6-7-16(15(8-13)19(21,22)23)25-18(28)24-14-9-17(27)26(11-14)10-12-4-2-1-3-5-12/h1-8,14H,9-11H2,(H2,24,25,28). The second-order valence-corrected chi connectivity index (χ2v) is 6.88. The summed E-state index contributed by atoms with van der Waals surface area (Å²) in [6.07, 6.45) is -4.57. The van der Waals surface area contributed by atoms with Gasteiger partial charge >= 0.3 is 12.2 Å². The van der Waals surface area contributed by atoms with Crippen LogP contribution in [-0.4, -0.2) is 29.4 Å². The highest BCUT2D eigenvalue weighted by atomic mass is 35.5. The van der Waals surface area contributed by atoms with Crippen molar-refractivity contribution in [3.63, 3.8) is 0 Å². The first-order chi connectivity index (χ1) is 13.2. The summed E-state index contributed by atoms with van der Waals surface area (Å²) < 4.78 is 39.3. The third-order valence-electron chi connectivity index (χ3n) is 4.30. The van der Waals surface area contributed by atoms with E-state index < -0.39 is 29.5 Å². The van der Waals surface area contributed by atoms with E-state index in [9.17, 15) is 22.8 Å². The van der Waals surface area contributed by atoms with E-state index in [4.69, 9.17) is 11.6 Å². The normalized spacial score (nSPS) is 16.9. The van der Waals surface area contributed by atoms with E-state index >= 15 is 0 Å². The van der Waals surface area contributed by atoms with Gasteiger partial charge in [0.2, 0.25) is 5.91 Å². The number of halogens is 4. The predicted octanol–water partition coefficient (Wildman–Crippen LogP) is 4.28. The van der Waals surface area contributed by atoms with Crippen molar-refractivity contribution >= 4 is 29.2 Å². The number of benzene rings is 2. The van der Waals surface area contributed by atoms with E-state index in [0.717, 1.165) is 17.7 Å². The Labute approximate surface area is 164 Å². The zero-order valence-corrected chi connectivity index (χ0v) is 15.3.